The normalized spacial score (nSPS) is 17.3. The third kappa shape index (κ3) is 4.85. The van der Waals surface area contributed by atoms with E-state index < -0.39 is 11.8 Å². The fraction of sp³-hybridized carbons (Fsp3) is 0.462. The first-order valence-corrected chi connectivity index (χ1v) is 6.33. The lowest BCUT2D eigenvalue weighted by atomic mass is 10.2. The minimum absolute atomic E-state index is 0.157. The van der Waals surface area contributed by atoms with E-state index in [1.165, 1.54) is 10.8 Å². The Kier molecular flexibility index (Phi) is 5.55. The van der Waals surface area contributed by atoms with Gasteiger partial charge >= 0.3 is 17.8 Å². The number of carbonyl (C=O) groups excluding carboxylic acids is 1. The lowest BCUT2D eigenvalue weighted by Crippen LogP contribution is -2.24. The summed E-state index contributed by atoms with van der Waals surface area (Å²) < 4.78 is 6.27. The summed E-state index contributed by atoms with van der Waals surface area (Å²) in [6, 6.07) is 1.71. The van der Waals surface area contributed by atoms with Crippen LogP contribution in [0.15, 0.2) is 27.8 Å². The summed E-state index contributed by atoms with van der Waals surface area (Å²) in [7, 11) is 0. The van der Waals surface area contributed by atoms with Crippen molar-refractivity contribution in [1.82, 2.24) is 0 Å². The maximum absolute atomic E-state index is 11.4. The molecule has 0 spiro atoms. The molecule has 9 nitrogen and oxygen atoms in total. The Morgan fingerprint density at radius 2 is 2.27 bits per heavy atom. The highest BCUT2D eigenvalue weighted by atomic mass is 16.8. The van der Waals surface area contributed by atoms with Gasteiger partial charge in [-0.25, -0.2) is 4.79 Å². The second kappa shape index (κ2) is 7.15. The fourth-order valence-corrected chi connectivity index (χ4v) is 1.29. The van der Waals surface area contributed by atoms with Gasteiger partial charge in [0, 0.05) is 6.08 Å². The first kappa shape index (κ1) is 17.1. The molecule has 0 aromatic carbocycles. The molecule has 0 fully saturated rings. The summed E-state index contributed by atoms with van der Waals surface area (Å²) >= 11 is 0. The monoisotopic (exact) mass is 305 g/mol. The van der Waals surface area contributed by atoms with E-state index in [0.29, 0.717) is 6.54 Å². The molecule has 0 saturated heterocycles. The van der Waals surface area contributed by atoms with Gasteiger partial charge in [-0.2, -0.15) is 5.26 Å². The Hall–Kier alpha value is -2.98. The number of nitriles is 1. The standard InChI is InChI=1S/C13H15N5O4/c1-5-18-10(6-9(7-14)8-15)11(21-17-18)16-22-12(19)20-13(2,3)4/h6H,5H2,1-4H3/b10-6-,16-11-. The van der Waals surface area contributed by atoms with E-state index in [9.17, 15) is 4.79 Å². The molecule has 22 heavy (non-hydrogen) atoms. The van der Waals surface area contributed by atoms with Gasteiger partial charge < -0.3 is 10.1 Å². The van der Waals surface area contributed by atoms with Gasteiger partial charge in [-0.15, -0.1) is 0 Å². The van der Waals surface area contributed by atoms with E-state index >= 15 is 0 Å². The number of carbonyl (C=O) groups is 1. The molecule has 1 aliphatic heterocycles. The molecule has 0 saturated carbocycles. The van der Waals surface area contributed by atoms with E-state index in [-0.39, 0.29) is 17.2 Å². The Morgan fingerprint density at radius 3 is 2.77 bits per heavy atom. The van der Waals surface area contributed by atoms with E-state index in [1.807, 2.05) is 0 Å². The van der Waals surface area contributed by atoms with Crippen LogP contribution in [0.3, 0.4) is 0 Å². The molecule has 116 valence electrons. The van der Waals surface area contributed by atoms with Gasteiger partial charge in [0.05, 0.1) is 5.57 Å². The van der Waals surface area contributed by atoms with Crippen LogP contribution in [-0.4, -0.2) is 34.8 Å². The number of hydrogen-bond acceptors (Lipinski definition) is 7. The maximum Gasteiger partial charge on any atom is 0.535 e. The van der Waals surface area contributed by atoms with Gasteiger partial charge in [-0.1, -0.05) is 0 Å². The number of allylic oxidation sites excluding steroid dienone is 2. The molecule has 0 atom stereocenters. The maximum atomic E-state index is 11.4. The molecule has 1 heterocycles. The van der Waals surface area contributed by atoms with Crippen LogP contribution in [0.4, 0.5) is 4.79 Å². The Morgan fingerprint density at radius 1 is 1.59 bits per heavy atom. The highest BCUT2D eigenvalue weighted by Crippen LogP contribution is 2.15. The number of oxime groups is 1. The van der Waals surface area contributed by atoms with Crippen LogP contribution >= 0.6 is 0 Å². The second-order valence-corrected chi connectivity index (χ2v) is 5.01. The van der Waals surface area contributed by atoms with Gasteiger partial charge in [0.1, 0.15) is 11.7 Å². The van der Waals surface area contributed by atoms with Crippen LogP contribution in [0.2, 0.25) is 0 Å². The molecule has 9 heteroatoms. The molecule has 0 aromatic rings. The van der Waals surface area contributed by atoms with E-state index in [1.54, 1.807) is 39.6 Å². The van der Waals surface area contributed by atoms with Crippen molar-refractivity contribution >= 4 is 17.9 Å². The van der Waals surface area contributed by atoms with Crippen molar-refractivity contribution in [2.75, 3.05) is 6.54 Å². The molecule has 0 aromatic heterocycles. The Labute approximate surface area is 127 Å². The molecule has 0 aliphatic carbocycles. The lowest BCUT2D eigenvalue weighted by molar-refractivity contribution is -0.544. The quantitative estimate of drug-likeness (QED) is 0.198. The van der Waals surface area contributed by atoms with E-state index in [0.717, 1.165) is 0 Å². The summed E-state index contributed by atoms with van der Waals surface area (Å²) in [6.45, 7) is 7.20. The molecule has 0 unspecified atom stereocenters. The minimum Gasteiger partial charge on any atom is -0.762 e. The highest BCUT2D eigenvalue weighted by molar-refractivity contribution is 5.93. The van der Waals surface area contributed by atoms with Crippen molar-refractivity contribution in [3.8, 4) is 6.07 Å². The smallest absolute Gasteiger partial charge is 0.535 e. The van der Waals surface area contributed by atoms with Gasteiger partial charge in [0.25, 0.3) is 0 Å². The largest absolute Gasteiger partial charge is 0.762 e. The number of likely N-dealkylation sites (N-methyl/N-ethyl adjacent to an activating group) is 1. The third-order valence-electron chi connectivity index (χ3n) is 2.14. The molecule has 0 radical (unpaired) electrons. The Balaban J connectivity index is 2.95. The molecule has 0 N–H and O–H groups in total. The SMILES string of the molecule is CC[N+]1=NOC(=N\OC(=O)OC(C)(C)C)/C1=C/C(=C=[N-])C#N. The van der Waals surface area contributed by atoms with Crippen LogP contribution < -0.4 is 0 Å². The second-order valence-electron chi connectivity index (χ2n) is 5.01. The molecular weight excluding hydrogens is 290 g/mol. The van der Waals surface area contributed by atoms with E-state index in [2.05, 4.69) is 15.3 Å². The predicted molar refractivity (Wildman–Crippen MR) is 74.6 cm³/mol. The predicted octanol–water partition coefficient (Wildman–Crippen LogP) is 2.25. The molecular formula is C13H15N5O4. The average Bonchev–Trinajstić information content (AvgIpc) is 2.82. The number of rotatable bonds is 3. The van der Waals surface area contributed by atoms with Crippen LogP contribution in [0.1, 0.15) is 27.7 Å². The average molecular weight is 305 g/mol. The topological polar surface area (TPSA) is 119 Å². The minimum atomic E-state index is -1.01. The van der Waals surface area contributed by atoms with Gasteiger partial charge in [-0.05, 0) is 37.5 Å². The Bertz CT molecular complexity index is 642. The summed E-state index contributed by atoms with van der Waals surface area (Å²) in [5.41, 5.74) is -0.669. The number of nitrogens with zero attached hydrogens (tertiary/aromatic N) is 5. The summed E-state index contributed by atoms with van der Waals surface area (Å²) in [5.74, 6) is 1.55. The van der Waals surface area contributed by atoms with Crippen molar-refractivity contribution in [3.05, 3.63) is 22.8 Å². The molecule has 1 rings (SSSR count). The van der Waals surface area contributed by atoms with Crippen LogP contribution in [0, 0.1) is 11.3 Å². The lowest BCUT2D eigenvalue weighted by Gasteiger charge is -2.16. The molecule has 0 bridgehead atoms. The fourth-order valence-electron chi connectivity index (χ4n) is 1.29. The first-order chi connectivity index (χ1) is 10.3. The van der Waals surface area contributed by atoms with Crippen molar-refractivity contribution in [3.63, 3.8) is 0 Å². The highest BCUT2D eigenvalue weighted by Gasteiger charge is 2.33. The van der Waals surface area contributed by atoms with Gasteiger partial charge in [-0.3, -0.25) is 15.5 Å². The summed E-state index contributed by atoms with van der Waals surface area (Å²) in [4.78, 5) is 20.9. The van der Waals surface area contributed by atoms with Crippen LogP contribution in [-0.2, 0) is 14.4 Å². The van der Waals surface area contributed by atoms with Crippen molar-refractivity contribution in [2.24, 2.45) is 10.4 Å². The first-order valence-electron chi connectivity index (χ1n) is 6.33. The zero-order valence-corrected chi connectivity index (χ0v) is 12.7. The van der Waals surface area contributed by atoms with Crippen LogP contribution in [0.25, 0.3) is 5.41 Å². The summed E-state index contributed by atoms with van der Waals surface area (Å²) in [6.07, 6.45) is 0.222. The van der Waals surface area contributed by atoms with Gasteiger partial charge in [0.15, 0.2) is 6.54 Å². The van der Waals surface area contributed by atoms with Crippen molar-refractivity contribution < 1.29 is 23.9 Å². The van der Waals surface area contributed by atoms with Gasteiger partial charge in [0.2, 0.25) is 5.28 Å². The number of hydrogen-bond donors (Lipinski definition) is 0. The van der Waals surface area contributed by atoms with Crippen molar-refractivity contribution in [1.29, 1.82) is 5.26 Å². The van der Waals surface area contributed by atoms with Crippen LogP contribution in [0.5, 0.6) is 0 Å². The zero-order valence-electron chi connectivity index (χ0n) is 12.7. The number of ether oxygens (including phenoxy) is 1. The van der Waals surface area contributed by atoms with Crippen molar-refractivity contribution in [2.45, 2.75) is 33.3 Å². The molecule has 1 aliphatic rings. The third-order valence-corrected chi connectivity index (χ3v) is 2.14. The molecule has 0 amide bonds. The zero-order chi connectivity index (χ0) is 16.8. The van der Waals surface area contributed by atoms with E-state index in [4.69, 9.17) is 20.2 Å². The summed E-state index contributed by atoms with van der Waals surface area (Å²) in [5, 5.41) is 24.7.